The quantitative estimate of drug-likeness (QED) is 0.884. The smallest absolute Gasteiger partial charge is 0.235 e. The molecule has 3 heterocycles. The zero-order chi connectivity index (χ0) is 14.7. The standard InChI is InChI=1S/C14H17ClN4O2/c1-20-13-3-2-12(15)14(19-13)21-8-11-4-9(5-16-11)10-6-17-18-7-10/h2-3,6-7,9,11,16H,4-5,8H2,1H3,(H,17,18)/t9?,11-/m1/s1. The summed E-state index contributed by atoms with van der Waals surface area (Å²) in [5.41, 5.74) is 1.22. The van der Waals surface area contributed by atoms with Crippen LogP contribution in [0, 0.1) is 0 Å². The molecule has 1 aliphatic rings. The second-order valence-electron chi connectivity index (χ2n) is 5.02. The molecule has 0 radical (unpaired) electrons. The molecule has 1 saturated heterocycles. The maximum absolute atomic E-state index is 6.07. The average Bonchev–Trinajstić information content (AvgIpc) is 3.17. The molecule has 1 aliphatic heterocycles. The molecule has 0 spiro atoms. The summed E-state index contributed by atoms with van der Waals surface area (Å²) in [6, 6.07) is 3.70. The van der Waals surface area contributed by atoms with Crippen molar-refractivity contribution in [3.8, 4) is 11.8 Å². The largest absolute Gasteiger partial charge is 0.481 e. The molecule has 0 bridgehead atoms. The van der Waals surface area contributed by atoms with Gasteiger partial charge >= 0.3 is 0 Å². The van der Waals surface area contributed by atoms with Gasteiger partial charge in [0.2, 0.25) is 11.8 Å². The Morgan fingerprint density at radius 2 is 2.33 bits per heavy atom. The van der Waals surface area contributed by atoms with Crippen molar-refractivity contribution in [2.45, 2.75) is 18.4 Å². The highest BCUT2D eigenvalue weighted by Gasteiger charge is 2.26. The lowest BCUT2D eigenvalue weighted by atomic mass is 10.00. The van der Waals surface area contributed by atoms with Gasteiger partial charge in [-0.3, -0.25) is 5.10 Å². The van der Waals surface area contributed by atoms with Crippen molar-refractivity contribution in [1.29, 1.82) is 0 Å². The number of nitrogens with zero attached hydrogens (tertiary/aromatic N) is 2. The number of halogens is 1. The van der Waals surface area contributed by atoms with Gasteiger partial charge in [-0.25, -0.2) is 0 Å². The molecule has 2 N–H and O–H groups in total. The molecule has 0 aromatic carbocycles. The summed E-state index contributed by atoms with van der Waals surface area (Å²) >= 11 is 6.07. The molecule has 112 valence electrons. The summed E-state index contributed by atoms with van der Waals surface area (Å²) in [4.78, 5) is 4.20. The van der Waals surface area contributed by atoms with Crippen LogP contribution in [0.5, 0.6) is 11.8 Å². The van der Waals surface area contributed by atoms with Gasteiger partial charge in [0.25, 0.3) is 0 Å². The molecule has 0 saturated carbocycles. The molecule has 1 fully saturated rings. The van der Waals surface area contributed by atoms with E-state index in [4.69, 9.17) is 21.1 Å². The third-order valence-corrected chi connectivity index (χ3v) is 3.92. The van der Waals surface area contributed by atoms with E-state index in [1.54, 1.807) is 19.2 Å². The Morgan fingerprint density at radius 1 is 1.43 bits per heavy atom. The van der Waals surface area contributed by atoms with E-state index in [0.717, 1.165) is 13.0 Å². The van der Waals surface area contributed by atoms with Crippen LogP contribution in [0.4, 0.5) is 0 Å². The Kier molecular flexibility index (Phi) is 4.26. The van der Waals surface area contributed by atoms with Gasteiger partial charge in [-0.1, -0.05) is 11.6 Å². The van der Waals surface area contributed by atoms with E-state index in [1.807, 2.05) is 12.4 Å². The molecule has 2 atom stereocenters. The van der Waals surface area contributed by atoms with Crippen molar-refractivity contribution in [3.63, 3.8) is 0 Å². The summed E-state index contributed by atoms with van der Waals surface area (Å²) in [7, 11) is 1.56. The van der Waals surface area contributed by atoms with Gasteiger partial charge < -0.3 is 14.8 Å². The van der Waals surface area contributed by atoms with Crippen molar-refractivity contribution in [2.75, 3.05) is 20.3 Å². The van der Waals surface area contributed by atoms with Crippen LogP contribution in [0.25, 0.3) is 0 Å². The van der Waals surface area contributed by atoms with Crippen LogP contribution in [-0.4, -0.2) is 41.5 Å². The Morgan fingerprint density at radius 3 is 3.10 bits per heavy atom. The van der Waals surface area contributed by atoms with E-state index in [2.05, 4.69) is 20.5 Å². The Bertz CT molecular complexity index is 591. The number of rotatable bonds is 5. The van der Waals surface area contributed by atoms with E-state index in [1.165, 1.54) is 5.56 Å². The normalized spacial score (nSPS) is 21.4. The number of hydrogen-bond acceptors (Lipinski definition) is 5. The van der Waals surface area contributed by atoms with E-state index in [0.29, 0.717) is 29.3 Å². The summed E-state index contributed by atoms with van der Waals surface area (Å²) in [6.07, 6.45) is 4.81. The molecule has 21 heavy (non-hydrogen) atoms. The van der Waals surface area contributed by atoms with Gasteiger partial charge in [0.1, 0.15) is 11.6 Å². The molecule has 0 aliphatic carbocycles. The number of ether oxygens (including phenoxy) is 2. The fourth-order valence-electron chi connectivity index (χ4n) is 2.48. The SMILES string of the molecule is COc1ccc(Cl)c(OC[C@H]2CC(c3cn[nH]c3)CN2)n1. The number of pyridine rings is 1. The summed E-state index contributed by atoms with van der Waals surface area (Å²) in [5.74, 6) is 1.36. The van der Waals surface area contributed by atoms with Crippen molar-refractivity contribution >= 4 is 11.6 Å². The summed E-state index contributed by atoms with van der Waals surface area (Å²) in [5, 5.41) is 10.8. The lowest BCUT2D eigenvalue weighted by Crippen LogP contribution is -2.28. The van der Waals surface area contributed by atoms with Gasteiger partial charge in [0.15, 0.2) is 0 Å². The molecular weight excluding hydrogens is 292 g/mol. The Balaban J connectivity index is 1.56. The zero-order valence-corrected chi connectivity index (χ0v) is 12.4. The highest BCUT2D eigenvalue weighted by atomic mass is 35.5. The van der Waals surface area contributed by atoms with Crippen LogP contribution < -0.4 is 14.8 Å². The van der Waals surface area contributed by atoms with Gasteiger partial charge in [-0.2, -0.15) is 10.1 Å². The van der Waals surface area contributed by atoms with Gasteiger partial charge in [0, 0.05) is 30.8 Å². The third kappa shape index (κ3) is 3.28. The highest BCUT2D eigenvalue weighted by Crippen LogP contribution is 2.27. The fraction of sp³-hybridized carbons (Fsp3) is 0.429. The topological polar surface area (TPSA) is 72.1 Å². The lowest BCUT2D eigenvalue weighted by Gasteiger charge is -2.13. The molecule has 7 heteroatoms. The maximum Gasteiger partial charge on any atom is 0.235 e. The first-order chi connectivity index (χ1) is 10.3. The zero-order valence-electron chi connectivity index (χ0n) is 11.7. The van der Waals surface area contributed by atoms with Crippen LogP contribution in [0.2, 0.25) is 5.02 Å². The van der Waals surface area contributed by atoms with Crippen LogP contribution in [0.3, 0.4) is 0 Å². The molecular formula is C14H17ClN4O2. The number of methoxy groups -OCH3 is 1. The first-order valence-electron chi connectivity index (χ1n) is 6.81. The number of hydrogen-bond donors (Lipinski definition) is 2. The Labute approximate surface area is 127 Å². The van der Waals surface area contributed by atoms with Crippen molar-refractivity contribution in [1.82, 2.24) is 20.5 Å². The first-order valence-corrected chi connectivity index (χ1v) is 7.19. The molecule has 1 unspecified atom stereocenters. The van der Waals surface area contributed by atoms with Crippen molar-refractivity contribution in [3.05, 3.63) is 35.1 Å². The monoisotopic (exact) mass is 308 g/mol. The number of aromatic nitrogens is 3. The van der Waals surface area contributed by atoms with E-state index in [-0.39, 0.29) is 6.04 Å². The molecule has 2 aromatic heterocycles. The number of aromatic amines is 1. The van der Waals surface area contributed by atoms with Crippen LogP contribution >= 0.6 is 11.6 Å². The van der Waals surface area contributed by atoms with E-state index < -0.39 is 0 Å². The predicted molar refractivity (Wildman–Crippen MR) is 79.0 cm³/mol. The second-order valence-corrected chi connectivity index (χ2v) is 5.43. The van der Waals surface area contributed by atoms with Gasteiger partial charge in [0.05, 0.1) is 13.3 Å². The van der Waals surface area contributed by atoms with Gasteiger partial charge in [-0.15, -0.1) is 0 Å². The predicted octanol–water partition coefficient (Wildman–Crippen LogP) is 1.99. The average molecular weight is 309 g/mol. The molecule has 0 amide bonds. The van der Waals surface area contributed by atoms with Gasteiger partial charge in [-0.05, 0) is 18.1 Å². The number of nitrogens with one attached hydrogen (secondary N) is 2. The minimum absolute atomic E-state index is 0.272. The van der Waals surface area contributed by atoms with E-state index >= 15 is 0 Å². The lowest BCUT2D eigenvalue weighted by molar-refractivity contribution is 0.262. The van der Waals surface area contributed by atoms with Crippen LogP contribution in [0.15, 0.2) is 24.5 Å². The molecule has 6 nitrogen and oxygen atoms in total. The minimum atomic E-state index is 0.272. The minimum Gasteiger partial charge on any atom is -0.481 e. The maximum atomic E-state index is 6.07. The highest BCUT2D eigenvalue weighted by molar-refractivity contribution is 6.31. The number of H-pyrrole nitrogens is 1. The third-order valence-electron chi connectivity index (χ3n) is 3.63. The van der Waals surface area contributed by atoms with Crippen molar-refractivity contribution < 1.29 is 9.47 Å². The van der Waals surface area contributed by atoms with Crippen LogP contribution in [0.1, 0.15) is 17.9 Å². The fourth-order valence-corrected chi connectivity index (χ4v) is 2.64. The first kappa shape index (κ1) is 14.2. The Hall–Kier alpha value is -1.79. The second kappa shape index (κ2) is 6.32. The summed E-state index contributed by atoms with van der Waals surface area (Å²) in [6.45, 7) is 1.45. The summed E-state index contributed by atoms with van der Waals surface area (Å²) < 4.78 is 10.8. The van der Waals surface area contributed by atoms with E-state index in [9.17, 15) is 0 Å². The molecule has 3 rings (SSSR count). The van der Waals surface area contributed by atoms with Crippen LogP contribution in [-0.2, 0) is 0 Å². The molecule has 2 aromatic rings. The van der Waals surface area contributed by atoms with Crippen molar-refractivity contribution in [2.24, 2.45) is 0 Å².